The van der Waals surface area contributed by atoms with E-state index in [0.29, 0.717) is 0 Å². The summed E-state index contributed by atoms with van der Waals surface area (Å²) in [5, 5.41) is 4.83. The van der Waals surface area contributed by atoms with Gasteiger partial charge in [0.15, 0.2) is 0 Å². The van der Waals surface area contributed by atoms with Gasteiger partial charge in [0.2, 0.25) is 0 Å². The van der Waals surface area contributed by atoms with Crippen molar-refractivity contribution < 1.29 is 0 Å². The fourth-order valence-corrected chi connectivity index (χ4v) is 14.1. The second-order valence-electron chi connectivity index (χ2n) is 23.4. The molecule has 14 aromatic rings. The van der Waals surface area contributed by atoms with E-state index < -0.39 is 0 Å². The van der Waals surface area contributed by atoms with Crippen molar-refractivity contribution in [2.24, 2.45) is 0 Å². The molecule has 12 aromatic carbocycles. The summed E-state index contributed by atoms with van der Waals surface area (Å²) in [5.74, 6) is 0. The van der Waals surface area contributed by atoms with E-state index in [1.165, 1.54) is 88.2 Å². The van der Waals surface area contributed by atoms with Gasteiger partial charge in [-0.2, -0.15) is 0 Å². The number of anilines is 6. The minimum absolute atomic E-state index is 0.126. The zero-order chi connectivity index (χ0) is 54.8. The lowest BCUT2D eigenvalue weighted by Gasteiger charge is -2.28. The number of fused-ring (bicyclic) bond motifs is 12. The Labute approximate surface area is 478 Å². The van der Waals surface area contributed by atoms with Crippen molar-refractivity contribution in [1.29, 1.82) is 0 Å². The number of nitrogens with zero attached hydrogens (tertiary/aromatic N) is 4. The van der Waals surface area contributed by atoms with Crippen LogP contribution in [0.5, 0.6) is 0 Å². The van der Waals surface area contributed by atoms with E-state index in [1.807, 2.05) is 0 Å². The molecular weight excluding hydrogens is 993 g/mol. The lowest BCUT2D eigenvalue weighted by Crippen LogP contribution is -2.16. The molecule has 0 saturated carbocycles. The van der Waals surface area contributed by atoms with E-state index >= 15 is 0 Å². The molecule has 0 amide bonds. The van der Waals surface area contributed by atoms with Crippen LogP contribution in [0.1, 0.15) is 49.9 Å². The van der Waals surface area contributed by atoms with Crippen LogP contribution in [0.15, 0.2) is 279 Å². The molecular formula is C78H58N4. The maximum Gasteiger partial charge on any atom is 0.0561 e. The van der Waals surface area contributed by atoms with Gasteiger partial charge in [-0.3, -0.25) is 0 Å². The summed E-state index contributed by atoms with van der Waals surface area (Å²) in [5.41, 5.74) is 26.4. The van der Waals surface area contributed by atoms with Crippen LogP contribution in [-0.4, -0.2) is 9.13 Å². The van der Waals surface area contributed by atoms with Crippen molar-refractivity contribution in [1.82, 2.24) is 9.13 Å². The van der Waals surface area contributed by atoms with E-state index in [2.05, 4.69) is 326 Å². The summed E-state index contributed by atoms with van der Waals surface area (Å²) in [6.07, 6.45) is 0. The lowest BCUT2D eigenvalue weighted by atomic mass is 9.82. The highest BCUT2D eigenvalue weighted by Crippen LogP contribution is 2.53. The predicted octanol–water partition coefficient (Wildman–Crippen LogP) is 21.1. The largest absolute Gasteiger partial charge is 0.310 e. The summed E-state index contributed by atoms with van der Waals surface area (Å²) < 4.78 is 4.89. The van der Waals surface area contributed by atoms with Gasteiger partial charge in [-0.1, -0.05) is 185 Å². The molecule has 2 aliphatic carbocycles. The molecule has 2 aliphatic rings. The van der Waals surface area contributed by atoms with Crippen molar-refractivity contribution in [2.75, 3.05) is 9.80 Å². The average Bonchev–Trinajstić information content (AvgIpc) is 4.12. The standard InChI is InChI=1S/C78H58N4/c1-77(2)69-31-19-17-29-61(69)63-39-35-57(47-71(63)77)79(53-21-9-5-10-22-53)59-37-41-65-67-45-51(33-43-73(67)81(75(65)49-59)55-25-13-7-14-26-55)52-34-44-74-68(46-52)66-42-38-60(50-76(66)82(74)56-27-15-8-16-28-56)80(54-23-11-6-12-24-54)58-36-40-64-62-30-18-20-32-70(62)78(3,4)72(64)48-58/h5-50H,1-4H3. The minimum Gasteiger partial charge on any atom is -0.310 e. The van der Waals surface area contributed by atoms with Gasteiger partial charge in [0.1, 0.15) is 0 Å². The summed E-state index contributed by atoms with van der Waals surface area (Å²) in [6, 6.07) is 103. The van der Waals surface area contributed by atoms with Gasteiger partial charge < -0.3 is 18.9 Å². The first-order chi connectivity index (χ1) is 40.2. The molecule has 4 nitrogen and oxygen atoms in total. The molecule has 0 bridgehead atoms. The van der Waals surface area contributed by atoms with E-state index in [0.717, 1.165) is 56.5 Å². The van der Waals surface area contributed by atoms with Gasteiger partial charge in [-0.25, -0.2) is 0 Å². The van der Waals surface area contributed by atoms with Crippen LogP contribution < -0.4 is 9.80 Å². The number of aromatic nitrogens is 2. The maximum absolute atomic E-state index is 2.44. The summed E-state index contributed by atoms with van der Waals surface area (Å²) in [6.45, 7) is 9.44. The van der Waals surface area contributed by atoms with E-state index in [1.54, 1.807) is 0 Å². The lowest BCUT2D eigenvalue weighted by molar-refractivity contribution is 0.660. The van der Waals surface area contributed by atoms with E-state index in [-0.39, 0.29) is 10.8 Å². The average molecular weight is 1050 g/mol. The zero-order valence-electron chi connectivity index (χ0n) is 46.3. The smallest absolute Gasteiger partial charge is 0.0561 e. The third-order valence-electron chi connectivity index (χ3n) is 18.1. The predicted molar refractivity (Wildman–Crippen MR) is 345 cm³/mol. The van der Waals surface area contributed by atoms with Crippen LogP contribution in [0, 0.1) is 0 Å². The van der Waals surface area contributed by atoms with Gasteiger partial charge in [0.25, 0.3) is 0 Å². The van der Waals surface area contributed by atoms with Crippen LogP contribution in [0.2, 0.25) is 0 Å². The topological polar surface area (TPSA) is 16.3 Å². The first-order valence-electron chi connectivity index (χ1n) is 28.7. The second kappa shape index (κ2) is 18.2. The Morgan fingerprint density at radius 3 is 1.00 bits per heavy atom. The number of hydrogen-bond donors (Lipinski definition) is 0. The van der Waals surface area contributed by atoms with Gasteiger partial charge >= 0.3 is 0 Å². The molecule has 4 heteroatoms. The van der Waals surface area contributed by atoms with Gasteiger partial charge in [0, 0.05) is 77.9 Å². The Kier molecular flexibility index (Phi) is 10.6. The van der Waals surface area contributed by atoms with Crippen molar-refractivity contribution in [2.45, 2.75) is 38.5 Å². The molecule has 16 rings (SSSR count). The van der Waals surface area contributed by atoms with E-state index in [4.69, 9.17) is 0 Å². The molecule has 0 unspecified atom stereocenters. The Hall–Kier alpha value is -10.2. The molecule has 0 spiro atoms. The molecule has 0 saturated heterocycles. The minimum atomic E-state index is -0.126. The molecule has 0 aliphatic heterocycles. The van der Waals surface area contributed by atoms with Crippen LogP contribution in [0.4, 0.5) is 34.1 Å². The van der Waals surface area contributed by atoms with Crippen molar-refractivity contribution in [3.8, 4) is 44.8 Å². The first-order valence-corrected chi connectivity index (χ1v) is 28.7. The molecule has 0 atom stereocenters. The molecule has 0 radical (unpaired) electrons. The molecule has 0 N–H and O–H groups in total. The van der Waals surface area contributed by atoms with Gasteiger partial charge in [-0.15, -0.1) is 0 Å². The Morgan fingerprint density at radius 2 is 0.585 bits per heavy atom. The highest BCUT2D eigenvalue weighted by Gasteiger charge is 2.37. The monoisotopic (exact) mass is 1050 g/mol. The number of benzene rings is 12. The fourth-order valence-electron chi connectivity index (χ4n) is 14.1. The molecule has 2 heterocycles. The normalized spacial score (nSPS) is 13.6. The second-order valence-corrected chi connectivity index (χ2v) is 23.4. The quantitative estimate of drug-likeness (QED) is 0.143. The summed E-state index contributed by atoms with van der Waals surface area (Å²) in [4.78, 5) is 4.85. The molecule has 82 heavy (non-hydrogen) atoms. The Bertz CT molecular complexity index is 4540. The van der Waals surface area contributed by atoms with Crippen molar-refractivity contribution >= 4 is 77.7 Å². The number of rotatable bonds is 9. The SMILES string of the molecule is CC1(C)c2ccccc2-c2ccc(N(c3ccccc3)c3ccc4c5cc(-c6ccc7c(c6)c6ccc(N(c8ccccc8)c8ccc9c(c8)C(C)(C)c8ccccc8-9)cc6n7-c6ccccc6)ccc5n(-c5ccccc5)c4c3)cc21. The van der Waals surface area contributed by atoms with Crippen molar-refractivity contribution in [3.63, 3.8) is 0 Å². The van der Waals surface area contributed by atoms with Gasteiger partial charge in [-0.05, 0) is 177 Å². The number of para-hydroxylation sites is 4. The summed E-state index contributed by atoms with van der Waals surface area (Å²) >= 11 is 0. The molecule has 0 fully saturated rings. The van der Waals surface area contributed by atoms with Gasteiger partial charge in [0.05, 0.1) is 22.1 Å². The van der Waals surface area contributed by atoms with Crippen LogP contribution in [-0.2, 0) is 10.8 Å². The van der Waals surface area contributed by atoms with Crippen LogP contribution in [0.25, 0.3) is 88.4 Å². The fraction of sp³-hybridized carbons (Fsp3) is 0.0769. The Balaban J connectivity index is 0.838. The number of hydrogen-bond acceptors (Lipinski definition) is 2. The molecule has 2 aromatic heterocycles. The maximum atomic E-state index is 2.44. The molecule has 390 valence electrons. The first kappa shape index (κ1) is 47.8. The van der Waals surface area contributed by atoms with Crippen LogP contribution >= 0.6 is 0 Å². The van der Waals surface area contributed by atoms with E-state index in [9.17, 15) is 0 Å². The zero-order valence-corrected chi connectivity index (χ0v) is 46.3. The third-order valence-corrected chi connectivity index (χ3v) is 18.1. The highest BCUT2D eigenvalue weighted by atomic mass is 15.2. The third kappa shape index (κ3) is 7.24. The Morgan fingerprint density at radius 1 is 0.244 bits per heavy atom. The highest BCUT2D eigenvalue weighted by molar-refractivity contribution is 6.14. The van der Waals surface area contributed by atoms with Crippen molar-refractivity contribution in [3.05, 3.63) is 301 Å². The van der Waals surface area contributed by atoms with Crippen LogP contribution in [0.3, 0.4) is 0 Å². The summed E-state index contributed by atoms with van der Waals surface area (Å²) in [7, 11) is 0.